The van der Waals surface area contributed by atoms with Gasteiger partial charge in [-0.1, -0.05) is 12.1 Å². The number of methoxy groups -OCH3 is 1. The van der Waals surface area contributed by atoms with Gasteiger partial charge in [-0.3, -0.25) is 4.79 Å². The molecule has 0 radical (unpaired) electrons. The van der Waals surface area contributed by atoms with E-state index in [9.17, 15) is 4.79 Å². The highest BCUT2D eigenvalue weighted by molar-refractivity contribution is 5.78. The number of hydrogen-bond acceptors (Lipinski definition) is 4. The smallest absolute Gasteiger partial charge is 0.305 e. The number of fused-ring (bicyclic) bond motifs is 1. The van der Waals surface area contributed by atoms with Crippen molar-refractivity contribution >= 4 is 23.0 Å². The van der Waals surface area contributed by atoms with E-state index >= 15 is 0 Å². The molecule has 1 aromatic carbocycles. The van der Waals surface area contributed by atoms with Gasteiger partial charge < -0.3 is 14.6 Å². The summed E-state index contributed by atoms with van der Waals surface area (Å²) in [7, 11) is 3.26. The Balaban J connectivity index is 2.18. The van der Waals surface area contributed by atoms with Crippen LogP contribution in [0.3, 0.4) is 0 Å². The van der Waals surface area contributed by atoms with Gasteiger partial charge in [0.05, 0.1) is 18.1 Å². The number of aromatic nitrogens is 2. The Kier molecular flexibility index (Phi) is 3.82. The van der Waals surface area contributed by atoms with Gasteiger partial charge in [-0.15, -0.1) is 0 Å². The summed E-state index contributed by atoms with van der Waals surface area (Å²) in [6, 6.07) is 7.96. The number of nitrogens with one attached hydrogen (secondary N) is 1. The lowest BCUT2D eigenvalue weighted by Crippen LogP contribution is -2.07. The number of nitrogens with zero attached hydrogens (tertiary/aromatic N) is 2. The lowest BCUT2D eigenvalue weighted by atomic mass is 10.3. The highest BCUT2D eigenvalue weighted by Gasteiger charge is 2.09. The fraction of sp³-hybridized carbons (Fsp3) is 0.385. The van der Waals surface area contributed by atoms with Gasteiger partial charge in [-0.2, -0.15) is 0 Å². The van der Waals surface area contributed by atoms with Crippen molar-refractivity contribution in [3.63, 3.8) is 0 Å². The van der Waals surface area contributed by atoms with Gasteiger partial charge >= 0.3 is 5.97 Å². The maximum Gasteiger partial charge on any atom is 0.305 e. The molecule has 96 valence electrons. The first kappa shape index (κ1) is 12.4. The predicted molar refractivity (Wildman–Crippen MR) is 70.5 cm³/mol. The maximum absolute atomic E-state index is 11.1. The van der Waals surface area contributed by atoms with E-state index in [2.05, 4.69) is 19.6 Å². The van der Waals surface area contributed by atoms with Gasteiger partial charge in [-0.05, 0) is 18.6 Å². The van der Waals surface area contributed by atoms with Crippen molar-refractivity contribution in [3.05, 3.63) is 24.3 Å². The van der Waals surface area contributed by atoms with E-state index in [1.165, 1.54) is 7.11 Å². The molecule has 1 heterocycles. The van der Waals surface area contributed by atoms with E-state index in [1.54, 1.807) is 0 Å². The van der Waals surface area contributed by atoms with Crippen molar-refractivity contribution < 1.29 is 9.53 Å². The summed E-state index contributed by atoms with van der Waals surface area (Å²) < 4.78 is 6.72. The second kappa shape index (κ2) is 5.53. The van der Waals surface area contributed by atoms with Crippen molar-refractivity contribution in [1.82, 2.24) is 9.55 Å². The molecule has 0 aliphatic heterocycles. The molecule has 0 aliphatic rings. The lowest BCUT2D eigenvalue weighted by Gasteiger charge is -2.07. The zero-order chi connectivity index (χ0) is 13.0. The molecular formula is C13H17N3O2. The fourth-order valence-corrected chi connectivity index (χ4v) is 1.98. The third-order valence-electron chi connectivity index (χ3n) is 2.87. The molecule has 2 aromatic rings. The first-order valence-electron chi connectivity index (χ1n) is 5.96. The van der Waals surface area contributed by atoms with Crippen molar-refractivity contribution in [2.24, 2.45) is 0 Å². The van der Waals surface area contributed by atoms with Crippen LogP contribution < -0.4 is 5.32 Å². The summed E-state index contributed by atoms with van der Waals surface area (Å²) in [6.45, 7) is 0.742. The highest BCUT2D eigenvalue weighted by Crippen LogP contribution is 2.19. The average molecular weight is 247 g/mol. The first-order valence-corrected chi connectivity index (χ1v) is 5.96. The topological polar surface area (TPSA) is 56.2 Å². The zero-order valence-corrected chi connectivity index (χ0v) is 10.6. The Morgan fingerprint density at radius 1 is 1.44 bits per heavy atom. The van der Waals surface area contributed by atoms with E-state index in [4.69, 9.17) is 0 Å². The van der Waals surface area contributed by atoms with Crippen molar-refractivity contribution in [1.29, 1.82) is 0 Å². The molecule has 0 aliphatic carbocycles. The van der Waals surface area contributed by atoms with Crippen LogP contribution in [0.1, 0.15) is 12.8 Å². The molecule has 0 bridgehead atoms. The fourth-order valence-electron chi connectivity index (χ4n) is 1.98. The van der Waals surface area contributed by atoms with Gasteiger partial charge in [0.1, 0.15) is 0 Å². The summed E-state index contributed by atoms with van der Waals surface area (Å²) >= 11 is 0. The number of rotatable bonds is 5. The zero-order valence-electron chi connectivity index (χ0n) is 10.6. The summed E-state index contributed by atoms with van der Waals surface area (Å²) in [6.07, 6.45) is 1.16. The number of esters is 1. The third-order valence-corrected chi connectivity index (χ3v) is 2.87. The molecule has 0 unspecified atom stereocenters. The van der Waals surface area contributed by atoms with E-state index in [0.717, 1.165) is 29.9 Å². The molecule has 2 rings (SSSR count). The Hall–Kier alpha value is -2.04. The van der Waals surface area contributed by atoms with Crippen LogP contribution in [0, 0.1) is 0 Å². The number of ether oxygens (including phenoxy) is 1. The number of para-hydroxylation sites is 2. The van der Waals surface area contributed by atoms with Gasteiger partial charge in [0.2, 0.25) is 5.95 Å². The summed E-state index contributed by atoms with van der Waals surface area (Å²) in [5, 5.41) is 3.07. The number of imidazole rings is 1. The van der Waals surface area contributed by atoms with Gasteiger partial charge in [0, 0.05) is 20.0 Å². The molecule has 0 amide bonds. The second-order valence-corrected chi connectivity index (χ2v) is 4.01. The monoisotopic (exact) mass is 247 g/mol. The van der Waals surface area contributed by atoms with E-state index < -0.39 is 0 Å². The third kappa shape index (κ3) is 2.45. The molecule has 18 heavy (non-hydrogen) atoms. The number of anilines is 1. The number of benzene rings is 1. The van der Waals surface area contributed by atoms with Gasteiger partial charge in [0.15, 0.2) is 0 Å². The molecule has 1 aromatic heterocycles. The molecule has 0 spiro atoms. The van der Waals surface area contributed by atoms with Crippen LogP contribution >= 0.6 is 0 Å². The largest absolute Gasteiger partial charge is 0.469 e. The minimum Gasteiger partial charge on any atom is -0.469 e. The van der Waals surface area contributed by atoms with Gasteiger partial charge in [-0.25, -0.2) is 4.98 Å². The van der Waals surface area contributed by atoms with Crippen LogP contribution in [0.15, 0.2) is 24.3 Å². The minimum absolute atomic E-state index is 0.176. The molecular weight excluding hydrogens is 230 g/mol. The predicted octanol–water partition coefficient (Wildman–Crippen LogP) is 2.03. The van der Waals surface area contributed by atoms with Crippen LogP contribution in [-0.4, -0.2) is 29.7 Å². The number of carbonyl (C=O) groups is 1. The van der Waals surface area contributed by atoms with E-state index in [1.807, 2.05) is 31.3 Å². The van der Waals surface area contributed by atoms with Crippen LogP contribution in [0.25, 0.3) is 11.0 Å². The molecule has 0 saturated carbocycles. The summed E-state index contributed by atoms with van der Waals surface area (Å²) in [4.78, 5) is 15.6. The van der Waals surface area contributed by atoms with Crippen LogP contribution in [0.4, 0.5) is 5.95 Å². The molecule has 0 saturated heterocycles. The van der Waals surface area contributed by atoms with Crippen molar-refractivity contribution in [2.75, 3.05) is 19.5 Å². The first-order chi connectivity index (χ1) is 8.76. The standard InChI is InChI=1S/C13H17N3O2/c1-14-13-15-10-6-3-4-7-11(10)16(13)9-5-8-12(17)18-2/h3-4,6-7H,5,8-9H2,1-2H3,(H,14,15). The number of aryl methyl sites for hydroxylation is 1. The summed E-state index contributed by atoms with van der Waals surface area (Å²) in [5.74, 6) is 0.645. The van der Waals surface area contributed by atoms with Crippen molar-refractivity contribution in [3.8, 4) is 0 Å². The van der Waals surface area contributed by atoms with Crippen LogP contribution in [-0.2, 0) is 16.1 Å². The molecule has 0 atom stereocenters. The summed E-state index contributed by atoms with van der Waals surface area (Å²) in [5.41, 5.74) is 2.03. The minimum atomic E-state index is -0.176. The molecule has 0 fully saturated rings. The number of hydrogen-bond donors (Lipinski definition) is 1. The second-order valence-electron chi connectivity index (χ2n) is 4.01. The average Bonchev–Trinajstić information content (AvgIpc) is 2.77. The molecule has 5 nitrogen and oxygen atoms in total. The van der Waals surface area contributed by atoms with Crippen LogP contribution in [0.2, 0.25) is 0 Å². The van der Waals surface area contributed by atoms with Gasteiger partial charge in [0.25, 0.3) is 0 Å². The van der Waals surface area contributed by atoms with E-state index in [0.29, 0.717) is 6.42 Å². The van der Waals surface area contributed by atoms with Crippen LogP contribution in [0.5, 0.6) is 0 Å². The maximum atomic E-state index is 11.1. The molecule has 1 N–H and O–H groups in total. The quantitative estimate of drug-likeness (QED) is 0.821. The number of carbonyl (C=O) groups excluding carboxylic acids is 1. The Bertz CT molecular complexity index is 548. The normalized spacial score (nSPS) is 10.6. The Labute approximate surface area is 106 Å². The lowest BCUT2D eigenvalue weighted by molar-refractivity contribution is -0.140. The SMILES string of the molecule is CNc1nc2ccccc2n1CCCC(=O)OC. The highest BCUT2D eigenvalue weighted by atomic mass is 16.5. The molecule has 5 heteroatoms. The van der Waals surface area contributed by atoms with Crippen molar-refractivity contribution in [2.45, 2.75) is 19.4 Å². The Morgan fingerprint density at radius 2 is 2.22 bits per heavy atom. The van der Waals surface area contributed by atoms with E-state index in [-0.39, 0.29) is 5.97 Å². The Morgan fingerprint density at radius 3 is 2.94 bits per heavy atom.